The summed E-state index contributed by atoms with van der Waals surface area (Å²) in [6, 6.07) is 0. The van der Waals surface area contributed by atoms with Crippen LogP contribution in [-0.2, 0) is 0 Å². The van der Waals surface area contributed by atoms with Crippen molar-refractivity contribution in [3.63, 3.8) is 0 Å². The summed E-state index contributed by atoms with van der Waals surface area (Å²) in [5.41, 5.74) is 3.37. The van der Waals surface area contributed by atoms with Crippen molar-refractivity contribution in [1.29, 1.82) is 0 Å². The predicted octanol–water partition coefficient (Wildman–Crippen LogP) is 3.25. The molecule has 23 heavy (non-hydrogen) atoms. The van der Waals surface area contributed by atoms with Gasteiger partial charge >= 0.3 is 0 Å². The van der Waals surface area contributed by atoms with Crippen LogP contribution in [0.1, 0.15) is 60.8 Å². The lowest BCUT2D eigenvalue weighted by atomic mass is 9.66. The molecule has 1 aliphatic rings. The summed E-state index contributed by atoms with van der Waals surface area (Å²) in [7, 11) is 0. The standard InChI is InChI=1S/C18H40N4S/c1-7-15(3)17(4,5)16-9-11-22(12-10-16)13-14-23-18(6,21-19)20-8-2/h15-16,20-21H,7-14,19H2,1-6H3. The number of hydrogen-bond acceptors (Lipinski definition) is 5. The summed E-state index contributed by atoms with van der Waals surface area (Å²) in [4.78, 5) is 2.41. The average Bonchev–Trinajstić information content (AvgIpc) is 2.54. The molecule has 0 aromatic rings. The van der Waals surface area contributed by atoms with E-state index in [4.69, 9.17) is 5.84 Å². The van der Waals surface area contributed by atoms with Crippen molar-refractivity contribution in [2.24, 2.45) is 23.1 Å². The first-order valence-corrected chi connectivity index (χ1v) is 10.4. The van der Waals surface area contributed by atoms with Crippen molar-refractivity contribution in [3.05, 3.63) is 0 Å². The fraction of sp³-hybridized carbons (Fsp3) is 1.00. The Morgan fingerprint density at radius 3 is 2.30 bits per heavy atom. The lowest BCUT2D eigenvalue weighted by Gasteiger charge is -2.44. The molecular formula is C18H40N4S. The number of piperidine rings is 1. The molecule has 2 atom stereocenters. The van der Waals surface area contributed by atoms with Crippen molar-refractivity contribution in [2.45, 2.75) is 65.8 Å². The first-order chi connectivity index (χ1) is 10.8. The minimum atomic E-state index is -0.217. The van der Waals surface area contributed by atoms with Crippen LogP contribution in [0.2, 0.25) is 0 Å². The van der Waals surface area contributed by atoms with Crippen LogP contribution in [0.15, 0.2) is 0 Å². The minimum absolute atomic E-state index is 0.217. The van der Waals surface area contributed by atoms with Gasteiger partial charge in [-0.3, -0.25) is 11.2 Å². The van der Waals surface area contributed by atoms with Gasteiger partial charge in [0.1, 0.15) is 4.99 Å². The fourth-order valence-electron chi connectivity index (χ4n) is 3.69. The van der Waals surface area contributed by atoms with E-state index in [1.165, 1.54) is 32.4 Å². The smallest absolute Gasteiger partial charge is 0.126 e. The zero-order valence-electron chi connectivity index (χ0n) is 16.2. The molecule has 0 radical (unpaired) electrons. The second-order valence-electron chi connectivity index (χ2n) is 7.80. The van der Waals surface area contributed by atoms with Crippen LogP contribution >= 0.6 is 11.8 Å². The maximum atomic E-state index is 5.67. The third-order valence-corrected chi connectivity index (χ3v) is 7.34. The van der Waals surface area contributed by atoms with Crippen LogP contribution in [0.25, 0.3) is 0 Å². The molecule has 0 aromatic heterocycles. The van der Waals surface area contributed by atoms with Crippen molar-refractivity contribution >= 4 is 11.8 Å². The van der Waals surface area contributed by atoms with Crippen molar-refractivity contribution in [2.75, 3.05) is 31.9 Å². The van der Waals surface area contributed by atoms with E-state index in [0.717, 1.165) is 30.7 Å². The van der Waals surface area contributed by atoms with Gasteiger partial charge in [-0.05, 0) is 56.7 Å². The van der Waals surface area contributed by atoms with Gasteiger partial charge in [-0.15, -0.1) is 11.8 Å². The number of nitrogens with two attached hydrogens (primary N) is 1. The Hall–Kier alpha value is 0.190. The number of nitrogens with zero attached hydrogens (tertiary/aromatic N) is 1. The second kappa shape index (κ2) is 9.62. The molecule has 0 saturated carbocycles. The molecule has 0 aliphatic carbocycles. The Morgan fingerprint density at radius 1 is 1.22 bits per heavy atom. The first-order valence-electron chi connectivity index (χ1n) is 9.38. The number of hydrogen-bond donors (Lipinski definition) is 3. The molecule has 0 spiro atoms. The fourth-order valence-corrected chi connectivity index (χ4v) is 4.78. The Morgan fingerprint density at radius 2 is 1.83 bits per heavy atom. The summed E-state index contributed by atoms with van der Waals surface area (Å²) >= 11 is 1.87. The summed E-state index contributed by atoms with van der Waals surface area (Å²) in [5.74, 6) is 8.46. The molecule has 4 N–H and O–H groups in total. The quantitative estimate of drug-likeness (QED) is 0.323. The molecular weight excluding hydrogens is 304 g/mol. The van der Waals surface area contributed by atoms with E-state index in [9.17, 15) is 0 Å². The van der Waals surface area contributed by atoms with Crippen LogP contribution in [0, 0.1) is 17.3 Å². The topological polar surface area (TPSA) is 53.3 Å². The lowest BCUT2D eigenvalue weighted by Crippen LogP contribution is -2.55. The summed E-state index contributed by atoms with van der Waals surface area (Å²) in [5, 5.41) is 3.40. The third kappa shape index (κ3) is 6.20. The normalized spacial score (nSPS) is 22.0. The molecule has 5 heteroatoms. The van der Waals surface area contributed by atoms with Crippen LogP contribution < -0.4 is 16.6 Å². The number of nitrogens with one attached hydrogen (secondary N) is 2. The van der Waals surface area contributed by atoms with Crippen molar-refractivity contribution in [3.8, 4) is 0 Å². The molecule has 1 fully saturated rings. The van der Waals surface area contributed by atoms with Crippen LogP contribution in [0.3, 0.4) is 0 Å². The van der Waals surface area contributed by atoms with E-state index in [0.29, 0.717) is 5.41 Å². The molecule has 1 rings (SSSR count). The zero-order chi connectivity index (χ0) is 17.5. The number of rotatable bonds is 10. The summed E-state index contributed by atoms with van der Waals surface area (Å²) in [6.45, 7) is 18.5. The summed E-state index contributed by atoms with van der Waals surface area (Å²) < 4.78 is 0. The molecule has 1 heterocycles. The van der Waals surface area contributed by atoms with Gasteiger partial charge in [-0.1, -0.05) is 41.0 Å². The highest BCUT2D eigenvalue weighted by Crippen LogP contribution is 2.42. The number of hydrazine groups is 1. The maximum absolute atomic E-state index is 5.67. The van der Waals surface area contributed by atoms with Crippen LogP contribution in [0.4, 0.5) is 0 Å². The van der Waals surface area contributed by atoms with Gasteiger partial charge in [-0.25, -0.2) is 5.43 Å². The van der Waals surface area contributed by atoms with Gasteiger partial charge in [0, 0.05) is 12.3 Å². The zero-order valence-corrected chi connectivity index (χ0v) is 17.1. The van der Waals surface area contributed by atoms with Crippen molar-refractivity contribution < 1.29 is 0 Å². The third-order valence-electron chi connectivity index (χ3n) is 6.11. The van der Waals surface area contributed by atoms with Crippen LogP contribution in [0.5, 0.6) is 0 Å². The molecule has 4 nitrogen and oxygen atoms in total. The van der Waals surface area contributed by atoms with E-state index >= 15 is 0 Å². The highest BCUT2D eigenvalue weighted by molar-refractivity contribution is 8.00. The second-order valence-corrected chi connectivity index (χ2v) is 9.32. The molecule has 1 saturated heterocycles. The summed E-state index contributed by atoms with van der Waals surface area (Å²) in [6.07, 6.45) is 3.99. The highest BCUT2D eigenvalue weighted by Gasteiger charge is 2.35. The van der Waals surface area contributed by atoms with E-state index in [2.05, 4.69) is 57.2 Å². The lowest BCUT2D eigenvalue weighted by molar-refractivity contribution is 0.0596. The Bertz CT molecular complexity index is 326. The number of likely N-dealkylation sites (tertiary alicyclic amines) is 1. The molecule has 0 aromatic carbocycles. The molecule has 0 bridgehead atoms. The minimum Gasteiger partial charge on any atom is -0.302 e. The van der Waals surface area contributed by atoms with Gasteiger partial charge in [-0.2, -0.15) is 0 Å². The van der Waals surface area contributed by atoms with Gasteiger partial charge in [0.25, 0.3) is 0 Å². The van der Waals surface area contributed by atoms with Gasteiger partial charge in [0.05, 0.1) is 0 Å². The van der Waals surface area contributed by atoms with Gasteiger partial charge in [0.15, 0.2) is 0 Å². The van der Waals surface area contributed by atoms with E-state index in [-0.39, 0.29) is 4.99 Å². The van der Waals surface area contributed by atoms with E-state index in [1.807, 2.05) is 11.8 Å². The maximum Gasteiger partial charge on any atom is 0.126 e. The Labute approximate surface area is 148 Å². The van der Waals surface area contributed by atoms with Crippen LogP contribution in [-0.4, -0.2) is 41.8 Å². The number of thioether (sulfide) groups is 1. The molecule has 2 unspecified atom stereocenters. The molecule has 138 valence electrons. The molecule has 1 aliphatic heterocycles. The van der Waals surface area contributed by atoms with E-state index in [1.54, 1.807) is 0 Å². The first kappa shape index (κ1) is 21.2. The van der Waals surface area contributed by atoms with Crippen molar-refractivity contribution in [1.82, 2.24) is 15.6 Å². The Balaban J connectivity index is 2.34. The van der Waals surface area contributed by atoms with E-state index < -0.39 is 0 Å². The Kier molecular flexibility index (Phi) is 8.88. The monoisotopic (exact) mass is 344 g/mol. The largest absolute Gasteiger partial charge is 0.302 e. The SMILES string of the molecule is CCNC(C)(NN)SCCN1CCC(C(C)(C)C(C)CC)CC1. The molecule has 0 amide bonds. The average molecular weight is 345 g/mol. The highest BCUT2D eigenvalue weighted by atomic mass is 32.2. The van der Waals surface area contributed by atoms with Gasteiger partial charge in [0.2, 0.25) is 0 Å². The van der Waals surface area contributed by atoms with Gasteiger partial charge < -0.3 is 4.90 Å². The predicted molar refractivity (Wildman–Crippen MR) is 104 cm³/mol.